The molecule has 2 heterocycles. The summed E-state index contributed by atoms with van der Waals surface area (Å²) < 4.78 is 0. The highest BCUT2D eigenvalue weighted by Crippen LogP contribution is 2.38. The maximum Gasteiger partial charge on any atom is 0.257 e. The number of hydrogen-bond donors (Lipinski definition) is 2. The van der Waals surface area contributed by atoms with Crippen LogP contribution in [0.15, 0.2) is 41.8 Å². The smallest absolute Gasteiger partial charge is 0.257 e. The number of carbonyl (C=O) groups is 2. The van der Waals surface area contributed by atoms with Crippen LogP contribution < -0.4 is 10.6 Å². The monoisotopic (exact) mass is 397 g/mol. The van der Waals surface area contributed by atoms with Gasteiger partial charge in [-0.25, -0.2) is 4.98 Å². The zero-order chi connectivity index (χ0) is 18.8. The van der Waals surface area contributed by atoms with Crippen molar-refractivity contribution in [2.45, 2.75) is 32.2 Å². The summed E-state index contributed by atoms with van der Waals surface area (Å²) in [7, 11) is 0. The molecule has 2 aromatic heterocycles. The minimum absolute atomic E-state index is 0.00358. The number of aryl methyl sites for hydroxylation is 2. The number of anilines is 1. The lowest BCUT2D eigenvalue weighted by Crippen LogP contribution is -2.27. The van der Waals surface area contributed by atoms with Crippen molar-refractivity contribution >= 4 is 39.6 Å². The Labute approximate surface area is 165 Å². The Morgan fingerprint density at radius 2 is 2.04 bits per heavy atom. The molecule has 0 saturated carbocycles. The van der Waals surface area contributed by atoms with Crippen molar-refractivity contribution in [2.24, 2.45) is 0 Å². The van der Waals surface area contributed by atoms with E-state index in [-0.39, 0.29) is 17.7 Å². The number of thiophene rings is 1. The van der Waals surface area contributed by atoms with Crippen LogP contribution in [0.5, 0.6) is 0 Å². The van der Waals surface area contributed by atoms with Crippen LogP contribution in [0.1, 0.15) is 43.7 Å². The molecule has 138 valence electrons. The predicted octanol–water partition coefficient (Wildman–Crippen LogP) is 4.11. The van der Waals surface area contributed by atoms with E-state index in [2.05, 4.69) is 15.6 Å². The zero-order valence-electron chi connectivity index (χ0n) is 14.8. The number of thiazole rings is 1. The number of nitrogens with one attached hydrogen (secondary N) is 2. The molecule has 5 nitrogen and oxygen atoms in total. The van der Waals surface area contributed by atoms with E-state index in [4.69, 9.17) is 0 Å². The Kier molecular flexibility index (Phi) is 5.05. The van der Waals surface area contributed by atoms with Crippen LogP contribution in [0.2, 0.25) is 0 Å². The fraction of sp³-hybridized carbons (Fsp3) is 0.250. The van der Waals surface area contributed by atoms with Gasteiger partial charge in [0.2, 0.25) is 5.91 Å². The zero-order valence-corrected chi connectivity index (χ0v) is 16.5. The van der Waals surface area contributed by atoms with Crippen LogP contribution in [0.3, 0.4) is 0 Å². The van der Waals surface area contributed by atoms with Gasteiger partial charge in [0, 0.05) is 15.3 Å². The largest absolute Gasteiger partial charge is 0.351 e. The maximum atomic E-state index is 12.6. The third-order valence-corrected chi connectivity index (χ3v) is 6.51. The molecule has 4 rings (SSSR count). The van der Waals surface area contributed by atoms with Gasteiger partial charge in [0.15, 0.2) is 5.13 Å². The second kappa shape index (κ2) is 7.62. The summed E-state index contributed by atoms with van der Waals surface area (Å²) in [6.07, 6.45) is 1.60. The van der Waals surface area contributed by atoms with Gasteiger partial charge in [0.1, 0.15) is 0 Å². The molecule has 0 bridgehead atoms. The van der Waals surface area contributed by atoms with E-state index >= 15 is 0 Å². The van der Waals surface area contributed by atoms with Crippen LogP contribution in [0.4, 0.5) is 5.13 Å². The minimum Gasteiger partial charge on any atom is -0.351 e. The lowest BCUT2D eigenvalue weighted by Gasteiger charge is -2.10. The standard InChI is InChI=1S/C20H19N3O2S2/c1-12-4-6-13(7-5-12)18(24)23-20-22-17-15(8-9-16(17)27-20)19(25)21-11-14-3-2-10-26-14/h2-7,10,15H,8-9,11H2,1H3,(H,21,25)(H,22,23,24). The van der Waals surface area contributed by atoms with Gasteiger partial charge in [-0.05, 0) is 43.3 Å². The van der Waals surface area contributed by atoms with Crippen LogP contribution in [-0.4, -0.2) is 16.8 Å². The SMILES string of the molecule is Cc1ccc(C(=O)Nc2nc3c(s2)CCC3C(=O)NCc2cccs2)cc1. The van der Waals surface area contributed by atoms with Crippen LogP contribution in [0, 0.1) is 6.92 Å². The highest BCUT2D eigenvalue weighted by Gasteiger charge is 2.32. The summed E-state index contributed by atoms with van der Waals surface area (Å²) in [6.45, 7) is 2.53. The fourth-order valence-electron chi connectivity index (χ4n) is 3.12. The second-order valence-corrected chi connectivity index (χ2v) is 8.65. The van der Waals surface area contributed by atoms with E-state index in [1.807, 2.05) is 36.6 Å². The maximum absolute atomic E-state index is 12.6. The van der Waals surface area contributed by atoms with Gasteiger partial charge in [-0.1, -0.05) is 23.8 Å². The van der Waals surface area contributed by atoms with Crippen molar-refractivity contribution in [1.29, 1.82) is 0 Å². The van der Waals surface area contributed by atoms with Crippen LogP contribution in [-0.2, 0) is 17.8 Å². The molecule has 27 heavy (non-hydrogen) atoms. The lowest BCUT2D eigenvalue weighted by molar-refractivity contribution is -0.122. The van der Waals surface area contributed by atoms with Crippen LogP contribution in [0.25, 0.3) is 0 Å². The molecule has 0 radical (unpaired) electrons. The molecule has 0 aliphatic heterocycles. The first-order valence-corrected chi connectivity index (χ1v) is 10.5. The first kappa shape index (κ1) is 17.9. The van der Waals surface area contributed by atoms with Crippen molar-refractivity contribution in [1.82, 2.24) is 10.3 Å². The highest BCUT2D eigenvalue weighted by atomic mass is 32.1. The summed E-state index contributed by atoms with van der Waals surface area (Å²) >= 11 is 3.09. The summed E-state index contributed by atoms with van der Waals surface area (Å²) in [6, 6.07) is 11.4. The lowest BCUT2D eigenvalue weighted by atomic mass is 10.1. The van der Waals surface area contributed by atoms with E-state index in [1.165, 1.54) is 11.3 Å². The molecule has 2 N–H and O–H groups in total. The molecule has 0 saturated heterocycles. The van der Waals surface area contributed by atoms with Gasteiger partial charge in [-0.2, -0.15) is 0 Å². The first-order chi connectivity index (χ1) is 13.1. The van der Waals surface area contributed by atoms with Crippen molar-refractivity contribution in [2.75, 3.05) is 5.32 Å². The van der Waals surface area contributed by atoms with Crippen molar-refractivity contribution < 1.29 is 9.59 Å². The topological polar surface area (TPSA) is 71.1 Å². The Hall–Kier alpha value is -2.51. The van der Waals surface area contributed by atoms with Gasteiger partial charge >= 0.3 is 0 Å². The molecule has 2 amide bonds. The quantitative estimate of drug-likeness (QED) is 0.681. The molecule has 1 unspecified atom stereocenters. The summed E-state index contributed by atoms with van der Waals surface area (Å²) in [5, 5.41) is 8.41. The molecule has 0 spiro atoms. The van der Waals surface area contributed by atoms with Gasteiger partial charge < -0.3 is 5.32 Å². The van der Waals surface area contributed by atoms with Gasteiger partial charge in [0.05, 0.1) is 18.2 Å². The van der Waals surface area contributed by atoms with Crippen LogP contribution >= 0.6 is 22.7 Å². The average molecular weight is 398 g/mol. The number of aromatic nitrogens is 1. The molecule has 1 aliphatic rings. The molecule has 1 aliphatic carbocycles. The van der Waals surface area contributed by atoms with E-state index in [0.717, 1.165) is 33.9 Å². The number of amides is 2. The molecule has 3 aromatic rings. The van der Waals surface area contributed by atoms with Gasteiger partial charge in [-0.3, -0.25) is 14.9 Å². The Bertz CT molecular complexity index is 962. The summed E-state index contributed by atoms with van der Waals surface area (Å²) in [4.78, 5) is 31.7. The molecule has 7 heteroatoms. The molecular formula is C20H19N3O2S2. The highest BCUT2D eigenvalue weighted by molar-refractivity contribution is 7.16. The number of fused-ring (bicyclic) bond motifs is 1. The number of hydrogen-bond acceptors (Lipinski definition) is 5. The molecular weight excluding hydrogens is 378 g/mol. The van der Waals surface area contributed by atoms with Crippen molar-refractivity contribution in [3.63, 3.8) is 0 Å². The fourth-order valence-corrected chi connectivity index (χ4v) is 4.80. The third-order valence-electron chi connectivity index (χ3n) is 4.59. The number of nitrogens with zero attached hydrogens (tertiary/aromatic N) is 1. The van der Waals surface area contributed by atoms with Gasteiger partial charge in [-0.15, -0.1) is 22.7 Å². The predicted molar refractivity (Wildman–Crippen MR) is 108 cm³/mol. The Morgan fingerprint density at radius 3 is 2.78 bits per heavy atom. The third kappa shape index (κ3) is 3.94. The van der Waals surface area contributed by atoms with Crippen molar-refractivity contribution in [3.8, 4) is 0 Å². The number of benzene rings is 1. The summed E-state index contributed by atoms with van der Waals surface area (Å²) in [5.74, 6) is -0.411. The van der Waals surface area contributed by atoms with E-state index < -0.39 is 0 Å². The van der Waals surface area contributed by atoms with Crippen molar-refractivity contribution in [3.05, 3.63) is 68.4 Å². The molecule has 1 aromatic carbocycles. The Balaban J connectivity index is 1.42. The van der Waals surface area contributed by atoms with E-state index in [1.54, 1.807) is 23.5 Å². The Morgan fingerprint density at radius 1 is 1.22 bits per heavy atom. The number of carbonyl (C=O) groups excluding carboxylic acids is 2. The van der Waals surface area contributed by atoms with E-state index in [0.29, 0.717) is 17.2 Å². The normalized spacial score (nSPS) is 15.4. The second-order valence-electron chi connectivity index (χ2n) is 6.54. The molecule has 0 fully saturated rings. The average Bonchev–Trinajstić information content (AvgIpc) is 3.37. The first-order valence-electron chi connectivity index (χ1n) is 8.78. The van der Waals surface area contributed by atoms with E-state index in [9.17, 15) is 9.59 Å². The van der Waals surface area contributed by atoms with Gasteiger partial charge in [0.25, 0.3) is 5.91 Å². The molecule has 1 atom stereocenters. The number of rotatable bonds is 5. The summed E-state index contributed by atoms with van der Waals surface area (Å²) in [5.41, 5.74) is 2.51. The minimum atomic E-state index is -0.235.